The molecule has 1 aliphatic heterocycles. The van der Waals surface area contributed by atoms with Gasteiger partial charge in [0.15, 0.2) is 12.4 Å². The monoisotopic (exact) mass is 416 g/mol. The fraction of sp³-hybridized carbons (Fsp3) is 0.320. The lowest BCUT2D eigenvalue weighted by Crippen LogP contribution is -2.50. The SMILES string of the molecule is Cc1cccc(OCC(=O)N2CCN(c3ccc(-c4ccc(C)c(C)c4)nn3)CC2)c1. The number of rotatable bonds is 5. The molecule has 0 spiro atoms. The van der Waals surface area contributed by atoms with Crippen molar-refractivity contribution in [3.05, 3.63) is 71.3 Å². The molecule has 6 nitrogen and oxygen atoms in total. The van der Waals surface area contributed by atoms with Crippen molar-refractivity contribution in [2.24, 2.45) is 0 Å². The second-order valence-electron chi connectivity index (χ2n) is 8.05. The number of nitrogens with zero attached hydrogens (tertiary/aromatic N) is 4. The molecule has 0 N–H and O–H groups in total. The van der Waals surface area contributed by atoms with Gasteiger partial charge in [0, 0.05) is 31.7 Å². The Morgan fingerprint density at radius 1 is 0.903 bits per heavy atom. The lowest BCUT2D eigenvalue weighted by Gasteiger charge is -2.35. The minimum Gasteiger partial charge on any atom is -0.484 e. The molecule has 3 aromatic rings. The third kappa shape index (κ3) is 5.02. The van der Waals surface area contributed by atoms with E-state index in [1.807, 2.05) is 48.2 Å². The Kier molecular flexibility index (Phi) is 6.16. The number of benzene rings is 2. The number of amides is 1. The maximum atomic E-state index is 12.5. The normalized spacial score (nSPS) is 13.9. The van der Waals surface area contributed by atoms with Gasteiger partial charge in [-0.3, -0.25) is 4.79 Å². The van der Waals surface area contributed by atoms with Crippen LogP contribution in [0, 0.1) is 20.8 Å². The predicted octanol–water partition coefficient (Wildman–Crippen LogP) is 3.80. The third-order valence-corrected chi connectivity index (χ3v) is 5.76. The highest BCUT2D eigenvalue weighted by Gasteiger charge is 2.22. The standard InChI is InChI=1S/C25H28N4O2/c1-18-5-4-6-22(15-18)31-17-25(30)29-13-11-28(12-14-29)24-10-9-23(26-27-24)21-8-7-19(2)20(3)16-21/h4-10,15-16H,11-14,17H2,1-3H3. The highest BCUT2D eigenvalue weighted by atomic mass is 16.5. The zero-order valence-corrected chi connectivity index (χ0v) is 18.3. The van der Waals surface area contributed by atoms with Crippen LogP contribution in [0.3, 0.4) is 0 Å². The average molecular weight is 417 g/mol. The van der Waals surface area contributed by atoms with E-state index in [9.17, 15) is 4.79 Å². The molecule has 0 radical (unpaired) electrons. The number of aromatic nitrogens is 2. The molecule has 1 saturated heterocycles. The minimum atomic E-state index is 0.0114. The first-order valence-electron chi connectivity index (χ1n) is 10.6. The number of carbonyl (C=O) groups excluding carboxylic acids is 1. The van der Waals surface area contributed by atoms with Gasteiger partial charge in [-0.15, -0.1) is 10.2 Å². The molecule has 0 unspecified atom stereocenters. The van der Waals surface area contributed by atoms with Crippen molar-refractivity contribution in [2.75, 3.05) is 37.7 Å². The smallest absolute Gasteiger partial charge is 0.260 e. The summed E-state index contributed by atoms with van der Waals surface area (Å²) in [6, 6.07) is 18.1. The molecule has 160 valence electrons. The first kappa shape index (κ1) is 20.8. The van der Waals surface area contributed by atoms with Crippen molar-refractivity contribution in [2.45, 2.75) is 20.8 Å². The highest BCUT2D eigenvalue weighted by Crippen LogP contribution is 2.22. The van der Waals surface area contributed by atoms with Crippen molar-refractivity contribution >= 4 is 11.7 Å². The summed E-state index contributed by atoms with van der Waals surface area (Å²) >= 11 is 0. The van der Waals surface area contributed by atoms with Crippen LogP contribution in [0.1, 0.15) is 16.7 Å². The van der Waals surface area contributed by atoms with E-state index in [2.05, 4.69) is 47.1 Å². The zero-order valence-electron chi connectivity index (χ0n) is 18.3. The molecule has 1 fully saturated rings. The fourth-order valence-corrected chi connectivity index (χ4v) is 3.68. The number of aryl methyl sites for hydroxylation is 3. The summed E-state index contributed by atoms with van der Waals surface area (Å²) < 4.78 is 5.66. The van der Waals surface area contributed by atoms with Gasteiger partial charge in [0.2, 0.25) is 0 Å². The van der Waals surface area contributed by atoms with Crippen molar-refractivity contribution in [1.82, 2.24) is 15.1 Å². The van der Waals surface area contributed by atoms with Crippen LogP contribution in [0.25, 0.3) is 11.3 Å². The molecular formula is C25H28N4O2. The van der Waals surface area contributed by atoms with Crippen molar-refractivity contribution in [1.29, 1.82) is 0 Å². The van der Waals surface area contributed by atoms with Gasteiger partial charge in [0.05, 0.1) is 5.69 Å². The van der Waals surface area contributed by atoms with Gasteiger partial charge in [-0.1, -0.05) is 24.3 Å². The number of carbonyl (C=O) groups is 1. The Morgan fingerprint density at radius 2 is 1.71 bits per heavy atom. The van der Waals surface area contributed by atoms with Gasteiger partial charge in [0.25, 0.3) is 5.91 Å². The first-order valence-corrected chi connectivity index (χ1v) is 10.6. The first-order chi connectivity index (χ1) is 15.0. The highest BCUT2D eigenvalue weighted by molar-refractivity contribution is 5.78. The van der Waals surface area contributed by atoms with E-state index in [0.717, 1.165) is 41.5 Å². The number of anilines is 1. The number of piperazine rings is 1. The average Bonchev–Trinajstić information content (AvgIpc) is 2.80. The largest absolute Gasteiger partial charge is 0.484 e. The molecule has 1 aromatic heterocycles. The lowest BCUT2D eigenvalue weighted by molar-refractivity contribution is -0.133. The summed E-state index contributed by atoms with van der Waals surface area (Å²) in [6.07, 6.45) is 0. The minimum absolute atomic E-state index is 0.0114. The summed E-state index contributed by atoms with van der Waals surface area (Å²) in [5.41, 5.74) is 5.57. The van der Waals surface area contributed by atoms with E-state index in [1.54, 1.807) is 0 Å². The van der Waals surface area contributed by atoms with E-state index in [1.165, 1.54) is 11.1 Å². The summed E-state index contributed by atoms with van der Waals surface area (Å²) in [5.74, 6) is 1.58. The molecule has 0 aliphatic carbocycles. The van der Waals surface area contributed by atoms with Crippen molar-refractivity contribution in [3.63, 3.8) is 0 Å². The molecule has 0 saturated carbocycles. The summed E-state index contributed by atoms with van der Waals surface area (Å²) in [7, 11) is 0. The Bertz CT molecular complexity index is 1060. The molecule has 6 heteroatoms. The van der Waals surface area contributed by atoms with Gasteiger partial charge < -0.3 is 14.5 Å². The Hall–Kier alpha value is -3.41. The predicted molar refractivity (Wildman–Crippen MR) is 122 cm³/mol. The van der Waals surface area contributed by atoms with Crippen LogP contribution >= 0.6 is 0 Å². The van der Waals surface area contributed by atoms with Gasteiger partial charge in [-0.05, 0) is 67.8 Å². The summed E-state index contributed by atoms with van der Waals surface area (Å²) in [5, 5.41) is 8.86. The van der Waals surface area contributed by atoms with Crippen LogP contribution in [0.2, 0.25) is 0 Å². The van der Waals surface area contributed by atoms with E-state index in [-0.39, 0.29) is 12.5 Å². The Morgan fingerprint density at radius 3 is 2.39 bits per heavy atom. The Labute approximate surface area is 183 Å². The van der Waals surface area contributed by atoms with Crippen molar-refractivity contribution < 1.29 is 9.53 Å². The molecule has 0 atom stereocenters. The van der Waals surface area contributed by atoms with Gasteiger partial charge >= 0.3 is 0 Å². The summed E-state index contributed by atoms with van der Waals surface area (Å²) in [6.45, 7) is 9.04. The van der Waals surface area contributed by atoms with Gasteiger partial charge in [0.1, 0.15) is 5.75 Å². The number of ether oxygens (including phenoxy) is 1. The second kappa shape index (κ2) is 9.16. The van der Waals surface area contributed by atoms with E-state index < -0.39 is 0 Å². The topological polar surface area (TPSA) is 58.6 Å². The molecule has 1 amide bonds. The van der Waals surface area contributed by atoms with Crippen LogP contribution < -0.4 is 9.64 Å². The van der Waals surface area contributed by atoms with E-state index in [4.69, 9.17) is 4.74 Å². The van der Waals surface area contributed by atoms with Crippen molar-refractivity contribution in [3.8, 4) is 17.0 Å². The van der Waals surface area contributed by atoms with Crippen LogP contribution in [0.4, 0.5) is 5.82 Å². The third-order valence-electron chi connectivity index (χ3n) is 5.76. The van der Waals surface area contributed by atoms with Crippen LogP contribution in [-0.4, -0.2) is 53.8 Å². The van der Waals surface area contributed by atoms with Gasteiger partial charge in [-0.25, -0.2) is 0 Å². The zero-order chi connectivity index (χ0) is 21.8. The van der Waals surface area contributed by atoms with Crippen LogP contribution in [-0.2, 0) is 4.79 Å². The fourth-order valence-electron chi connectivity index (χ4n) is 3.68. The quantitative estimate of drug-likeness (QED) is 0.633. The molecule has 31 heavy (non-hydrogen) atoms. The summed E-state index contributed by atoms with van der Waals surface area (Å²) in [4.78, 5) is 16.5. The Balaban J connectivity index is 1.31. The molecule has 2 heterocycles. The maximum absolute atomic E-state index is 12.5. The molecular weight excluding hydrogens is 388 g/mol. The molecule has 4 rings (SSSR count). The maximum Gasteiger partial charge on any atom is 0.260 e. The van der Waals surface area contributed by atoms with Crippen LogP contribution in [0.5, 0.6) is 5.75 Å². The molecule has 0 bridgehead atoms. The second-order valence-corrected chi connectivity index (χ2v) is 8.05. The van der Waals surface area contributed by atoms with E-state index >= 15 is 0 Å². The number of hydrogen-bond donors (Lipinski definition) is 0. The van der Waals surface area contributed by atoms with Crippen LogP contribution in [0.15, 0.2) is 54.6 Å². The van der Waals surface area contributed by atoms with Gasteiger partial charge in [-0.2, -0.15) is 0 Å². The molecule has 2 aromatic carbocycles. The van der Waals surface area contributed by atoms with E-state index in [0.29, 0.717) is 13.1 Å². The molecule has 1 aliphatic rings. The lowest BCUT2D eigenvalue weighted by atomic mass is 10.0. The number of hydrogen-bond acceptors (Lipinski definition) is 5.